The van der Waals surface area contributed by atoms with Gasteiger partial charge in [-0.05, 0) is 55.5 Å². The van der Waals surface area contributed by atoms with E-state index in [2.05, 4.69) is 71.6 Å². The molecular formula is C21H25N. The predicted molar refractivity (Wildman–Crippen MR) is 95.0 cm³/mol. The molecule has 1 fully saturated rings. The molecule has 1 saturated heterocycles. The maximum atomic E-state index is 2.59. The van der Waals surface area contributed by atoms with Crippen LogP contribution in [0, 0.1) is 0 Å². The molecule has 114 valence electrons. The Labute approximate surface area is 134 Å². The number of benzene rings is 2. The van der Waals surface area contributed by atoms with E-state index in [0.29, 0.717) is 0 Å². The lowest BCUT2D eigenvalue weighted by molar-refractivity contribution is 0.343. The van der Waals surface area contributed by atoms with Crippen molar-refractivity contribution in [3.63, 3.8) is 0 Å². The molecule has 0 N–H and O–H groups in total. The van der Waals surface area contributed by atoms with E-state index in [0.717, 1.165) is 6.42 Å². The first-order valence-electron chi connectivity index (χ1n) is 8.42. The zero-order valence-electron chi connectivity index (χ0n) is 13.2. The third kappa shape index (κ3) is 4.32. The molecule has 0 aliphatic carbocycles. The number of rotatable bonds is 6. The second-order valence-electron chi connectivity index (χ2n) is 6.08. The molecule has 0 spiro atoms. The Morgan fingerprint density at radius 1 is 0.818 bits per heavy atom. The van der Waals surface area contributed by atoms with E-state index in [-0.39, 0.29) is 0 Å². The van der Waals surface area contributed by atoms with Gasteiger partial charge in [0.1, 0.15) is 0 Å². The van der Waals surface area contributed by atoms with E-state index in [9.17, 15) is 0 Å². The summed E-state index contributed by atoms with van der Waals surface area (Å²) in [7, 11) is 0. The van der Waals surface area contributed by atoms with Crippen LogP contribution in [0.25, 0.3) is 6.08 Å². The molecule has 1 heterocycles. The van der Waals surface area contributed by atoms with Crippen molar-refractivity contribution in [2.75, 3.05) is 19.6 Å². The van der Waals surface area contributed by atoms with Crippen LogP contribution in [0.5, 0.6) is 0 Å². The summed E-state index contributed by atoms with van der Waals surface area (Å²) in [6, 6.07) is 19.4. The normalized spacial score (nSPS) is 15.6. The van der Waals surface area contributed by atoms with Gasteiger partial charge in [-0.3, -0.25) is 0 Å². The first-order chi connectivity index (χ1) is 10.9. The Morgan fingerprint density at radius 2 is 1.50 bits per heavy atom. The standard InChI is InChI=1S/C21H25N/c1-2-9-19(10-3-1)11-8-14-20-12-4-5-13-21(20)15-18-22-16-6-7-17-22/h1-5,8-13H,6-7,14-18H2/b11-8+. The minimum atomic E-state index is 1.02. The minimum Gasteiger partial charge on any atom is -0.303 e. The van der Waals surface area contributed by atoms with Crippen molar-refractivity contribution in [3.8, 4) is 0 Å². The third-order valence-electron chi connectivity index (χ3n) is 4.46. The second-order valence-corrected chi connectivity index (χ2v) is 6.08. The van der Waals surface area contributed by atoms with Crippen molar-refractivity contribution in [1.82, 2.24) is 4.90 Å². The van der Waals surface area contributed by atoms with Gasteiger partial charge in [0.05, 0.1) is 0 Å². The highest BCUT2D eigenvalue weighted by Crippen LogP contribution is 2.14. The van der Waals surface area contributed by atoms with Gasteiger partial charge in [0.2, 0.25) is 0 Å². The van der Waals surface area contributed by atoms with Crippen LogP contribution in [-0.4, -0.2) is 24.5 Å². The summed E-state index contributed by atoms with van der Waals surface area (Å²) in [5, 5.41) is 0. The molecule has 0 saturated carbocycles. The molecule has 3 rings (SSSR count). The molecule has 0 bridgehead atoms. The van der Waals surface area contributed by atoms with Crippen molar-refractivity contribution < 1.29 is 0 Å². The Balaban J connectivity index is 1.59. The van der Waals surface area contributed by atoms with Crippen molar-refractivity contribution in [2.24, 2.45) is 0 Å². The van der Waals surface area contributed by atoms with Gasteiger partial charge >= 0.3 is 0 Å². The molecule has 1 aliphatic rings. The maximum absolute atomic E-state index is 2.59. The fraction of sp³-hybridized carbons (Fsp3) is 0.333. The Kier molecular flexibility index (Phi) is 5.44. The quantitative estimate of drug-likeness (QED) is 0.753. The number of likely N-dealkylation sites (tertiary alicyclic amines) is 1. The number of allylic oxidation sites excluding steroid dienone is 1. The summed E-state index contributed by atoms with van der Waals surface area (Å²) < 4.78 is 0. The maximum Gasteiger partial charge on any atom is 0.00219 e. The lowest BCUT2D eigenvalue weighted by atomic mass is 10.0. The fourth-order valence-electron chi connectivity index (χ4n) is 3.17. The highest BCUT2D eigenvalue weighted by Gasteiger charge is 2.11. The summed E-state index contributed by atoms with van der Waals surface area (Å²) >= 11 is 0. The van der Waals surface area contributed by atoms with Crippen LogP contribution in [0.15, 0.2) is 60.7 Å². The molecule has 2 aromatic carbocycles. The second kappa shape index (κ2) is 7.95. The summed E-state index contributed by atoms with van der Waals surface area (Å²) in [6.45, 7) is 3.78. The molecule has 0 radical (unpaired) electrons. The zero-order chi connectivity index (χ0) is 15.0. The average Bonchev–Trinajstić information content (AvgIpc) is 3.08. The monoisotopic (exact) mass is 291 g/mol. The van der Waals surface area contributed by atoms with E-state index in [1.807, 2.05) is 0 Å². The summed E-state index contributed by atoms with van der Waals surface area (Å²) in [5.74, 6) is 0. The molecular weight excluding hydrogens is 266 g/mol. The van der Waals surface area contributed by atoms with Crippen LogP contribution < -0.4 is 0 Å². The van der Waals surface area contributed by atoms with Crippen molar-refractivity contribution in [3.05, 3.63) is 77.4 Å². The highest BCUT2D eigenvalue weighted by atomic mass is 15.1. The van der Waals surface area contributed by atoms with E-state index in [4.69, 9.17) is 0 Å². The molecule has 0 atom stereocenters. The topological polar surface area (TPSA) is 3.24 Å². The van der Waals surface area contributed by atoms with E-state index < -0.39 is 0 Å². The lowest BCUT2D eigenvalue weighted by Crippen LogP contribution is -2.22. The molecule has 2 aromatic rings. The lowest BCUT2D eigenvalue weighted by Gasteiger charge is -2.15. The van der Waals surface area contributed by atoms with E-state index >= 15 is 0 Å². The molecule has 1 aliphatic heterocycles. The number of nitrogens with zero attached hydrogens (tertiary/aromatic N) is 1. The number of hydrogen-bond acceptors (Lipinski definition) is 1. The average molecular weight is 291 g/mol. The summed E-state index contributed by atoms with van der Waals surface area (Å²) in [4.78, 5) is 2.59. The summed E-state index contributed by atoms with van der Waals surface area (Å²) in [5.41, 5.74) is 4.25. The number of hydrogen-bond donors (Lipinski definition) is 0. The highest BCUT2D eigenvalue weighted by molar-refractivity contribution is 5.49. The van der Waals surface area contributed by atoms with Crippen LogP contribution in [0.1, 0.15) is 29.5 Å². The van der Waals surface area contributed by atoms with Crippen LogP contribution in [0.4, 0.5) is 0 Å². The molecule has 0 amide bonds. The zero-order valence-corrected chi connectivity index (χ0v) is 13.2. The van der Waals surface area contributed by atoms with Crippen molar-refractivity contribution >= 4 is 6.08 Å². The smallest absolute Gasteiger partial charge is 0.00219 e. The van der Waals surface area contributed by atoms with Crippen molar-refractivity contribution in [2.45, 2.75) is 25.7 Å². The summed E-state index contributed by atoms with van der Waals surface area (Å²) in [6.07, 6.45) is 9.45. The van der Waals surface area contributed by atoms with Gasteiger partial charge in [0.15, 0.2) is 0 Å². The van der Waals surface area contributed by atoms with Gasteiger partial charge in [0.25, 0.3) is 0 Å². The molecule has 0 unspecified atom stereocenters. The van der Waals surface area contributed by atoms with Gasteiger partial charge in [-0.2, -0.15) is 0 Å². The van der Waals surface area contributed by atoms with Crippen molar-refractivity contribution in [1.29, 1.82) is 0 Å². The van der Waals surface area contributed by atoms with Gasteiger partial charge in [0, 0.05) is 6.54 Å². The predicted octanol–water partition coefficient (Wildman–Crippen LogP) is 4.58. The Bertz CT molecular complexity index is 594. The van der Waals surface area contributed by atoms with Crippen LogP contribution in [-0.2, 0) is 12.8 Å². The first kappa shape index (κ1) is 15.1. The van der Waals surface area contributed by atoms with Gasteiger partial charge in [-0.15, -0.1) is 0 Å². The first-order valence-corrected chi connectivity index (χ1v) is 8.42. The van der Waals surface area contributed by atoms with Crippen LogP contribution in [0.3, 0.4) is 0 Å². The Hall–Kier alpha value is -1.86. The molecule has 1 heteroatoms. The third-order valence-corrected chi connectivity index (χ3v) is 4.46. The molecule has 1 nitrogen and oxygen atoms in total. The molecule has 22 heavy (non-hydrogen) atoms. The molecule has 0 aromatic heterocycles. The van der Waals surface area contributed by atoms with Gasteiger partial charge in [-0.25, -0.2) is 0 Å². The largest absolute Gasteiger partial charge is 0.303 e. The van der Waals surface area contributed by atoms with E-state index in [1.165, 1.54) is 55.6 Å². The minimum absolute atomic E-state index is 1.02. The van der Waals surface area contributed by atoms with Gasteiger partial charge < -0.3 is 4.90 Å². The fourth-order valence-corrected chi connectivity index (χ4v) is 3.17. The SMILES string of the molecule is C(=C\c1ccccc1)/Cc1ccccc1CCN1CCCC1. The van der Waals surface area contributed by atoms with Crippen LogP contribution in [0.2, 0.25) is 0 Å². The Morgan fingerprint density at radius 3 is 2.27 bits per heavy atom. The van der Waals surface area contributed by atoms with Crippen LogP contribution >= 0.6 is 0 Å². The van der Waals surface area contributed by atoms with Gasteiger partial charge in [-0.1, -0.05) is 66.7 Å². The van der Waals surface area contributed by atoms with E-state index in [1.54, 1.807) is 0 Å².